The van der Waals surface area contributed by atoms with Gasteiger partial charge in [-0.3, -0.25) is 9.10 Å². The first kappa shape index (κ1) is 20.5. The lowest BCUT2D eigenvalue weighted by atomic mass is 10.2. The smallest absolute Gasteiger partial charge is 0.264 e. The lowest BCUT2D eigenvalue weighted by Crippen LogP contribution is -2.30. The Morgan fingerprint density at radius 1 is 0.931 bits per heavy atom. The van der Waals surface area contributed by atoms with Crippen LogP contribution in [-0.2, 0) is 10.0 Å². The molecule has 1 N–H and O–H groups in total. The van der Waals surface area contributed by atoms with E-state index in [9.17, 15) is 22.0 Å². The van der Waals surface area contributed by atoms with E-state index >= 15 is 0 Å². The van der Waals surface area contributed by atoms with Gasteiger partial charge in [-0.15, -0.1) is 0 Å². The molecule has 0 aromatic heterocycles. The Hall–Kier alpha value is -3.26. The maximum Gasteiger partial charge on any atom is 0.264 e. The maximum absolute atomic E-state index is 13.3. The summed E-state index contributed by atoms with van der Waals surface area (Å²) in [6.45, 7) is 1.97. The van der Waals surface area contributed by atoms with Crippen molar-refractivity contribution in [1.82, 2.24) is 0 Å². The molecule has 1 amide bonds. The minimum Gasteiger partial charge on any atom is -0.322 e. The number of hydrogen-bond acceptors (Lipinski definition) is 3. The van der Waals surface area contributed by atoms with Gasteiger partial charge in [-0.05, 0) is 55.5 Å². The summed E-state index contributed by atoms with van der Waals surface area (Å²) in [5.74, 6) is -2.67. The van der Waals surface area contributed by atoms with Crippen LogP contribution in [0.15, 0.2) is 77.7 Å². The minimum atomic E-state index is -3.81. The quantitative estimate of drug-likeness (QED) is 0.646. The van der Waals surface area contributed by atoms with Crippen LogP contribution in [0.1, 0.15) is 17.3 Å². The van der Waals surface area contributed by atoms with Crippen LogP contribution in [0, 0.1) is 11.6 Å². The van der Waals surface area contributed by atoms with Crippen molar-refractivity contribution < 1.29 is 22.0 Å². The molecule has 3 aromatic rings. The van der Waals surface area contributed by atoms with Crippen molar-refractivity contribution in [2.45, 2.75) is 11.8 Å². The topological polar surface area (TPSA) is 66.5 Å². The first-order chi connectivity index (χ1) is 13.8. The van der Waals surface area contributed by atoms with E-state index < -0.39 is 27.6 Å². The third-order valence-electron chi connectivity index (χ3n) is 4.21. The Balaban J connectivity index is 1.81. The van der Waals surface area contributed by atoms with E-state index in [0.29, 0.717) is 5.69 Å². The number of para-hydroxylation sites is 1. The van der Waals surface area contributed by atoms with Gasteiger partial charge in [-0.25, -0.2) is 17.2 Å². The van der Waals surface area contributed by atoms with Gasteiger partial charge in [0.15, 0.2) is 11.6 Å². The van der Waals surface area contributed by atoms with E-state index in [2.05, 4.69) is 5.32 Å². The van der Waals surface area contributed by atoms with E-state index in [1.54, 1.807) is 37.3 Å². The Kier molecular flexibility index (Phi) is 5.93. The second kappa shape index (κ2) is 8.40. The van der Waals surface area contributed by atoms with Gasteiger partial charge in [0.05, 0.1) is 10.6 Å². The lowest BCUT2D eigenvalue weighted by Gasteiger charge is -2.23. The zero-order chi connectivity index (χ0) is 21.0. The van der Waals surface area contributed by atoms with Crippen molar-refractivity contribution >= 4 is 27.3 Å². The zero-order valence-electron chi connectivity index (χ0n) is 15.5. The van der Waals surface area contributed by atoms with Crippen LogP contribution < -0.4 is 9.62 Å². The largest absolute Gasteiger partial charge is 0.322 e. The van der Waals surface area contributed by atoms with Gasteiger partial charge in [0.25, 0.3) is 15.9 Å². The molecule has 0 aliphatic heterocycles. The van der Waals surface area contributed by atoms with Crippen LogP contribution in [0.2, 0.25) is 0 Å². The average Bonchev–Trinajstić information content (AvgIpc) is 2.72. The van der Waals surface area contributed by atoms with Crippen LogP contribution in [0.3, 0.4) is 0 Å². The Morgan fingerprint density at radius 3 is 2.17 bits per heavy atom. The first-order valence-corrected chi connectivity index (χ1v) is 10.2. The van der Waals surface area contributed by atoms with Gasteiger partial charge < -0.3 is 5.32 Å². The summed E-state index contributed by atoms with van der Waals surface area (Å²) in [6.07, 6.45) is 0. The highest BCUT2D eigenvalue weighted by Gasteiger charge is 2.23. The molecule has 0 heterocycles. The summed E-state index contributed by atoms with van der Waals surface area (Å²) in [4.78, 5) is 12.3. The van der Waals surface area contributed by atoms with Crippen LogP contribution in [0.4, 0.5) is 20.2 Å². The highest BCUT2D eigenvalue weighted by atomic mass is 32.2. The standard InChI is InChI=1S/C21H18F2N2O3S/c1-2-25(17-6-4-3-5-7-17)29(27,28)18-11-8-15(9-12-18)21(26)24-16-10-13-19(22)20(23)14-16/h3-14H,2H2,1H3,(H,24,26). The molecule has 0 fully saturated rings. The molecule has 0 bridgehead atoms. The predicted octanol–water partition coefficient (Wildman–Crippen LogP) is 4.43. The molecule has 0 aliphatic rings. The Morgan fingerprint density at radius 2 is 1.59 bits per heavy atom. The van der Waals surface area contributed by atoms with Crippen LogP contribution >= 0.6 is 0 Å². The van der Waals surface area contributed by atoms with Crippen LogP contribution in [-0.4, -0.2) is 20.9 Å². The van der Waals surface area contributed by atoms with Crippen LogP contribution in [0.25, 0.3) is 0 Å². The Labute approximate surface area is 167 Å². The number of nitrogens with zero attached hydrogens (tertiary/aromatic N) is 1. The third kappa shape index (κ3) is 4.43. The molecule has 0 saturated heterocycles. The number of anilines is 2. The predicted molar refractivity (Wildman–Crippen MR) is 107 cm³/mol. The molecule has 5 nitrogen and oxygen atoms in total. The fourth-order valence-electron chi connectivity index (χ4n) is 2.77. The highest BCUT2D eigenvalue weighted by molar-refractivity contribution is 7.92. The van der Waals surface area contributed by atoms with E-state index in [1.165, 1.54) is 34.6 Å². The Bertz CT molecular complexity index is 1120. The number of carbonyl (C=O) groups excluding carboxylic acids is 1. The minimum absolute atomic E-state index is 0.0348. The van der Waals surface area contributed by atoms with Crippen molar-refractivity contribution in [3.8, 4) is 0 Å². The summed E-state index contributed by atoms with van der Waals surface area (Å²) in [6, 6.07) is 17.1. The van der Waals surface area contributed by atoms with E-state index in [0.717, 1.165) is 12.1 Å². The molecule has 150 valence electrons. The summed E-state index contributed by atoms with van der Waals surface area (Å²) >= 11 is 0. The number of carbonyl (C=O) groups is 1. The monoisotopic (exact) mass is 416 g/mol. The van der Waals surface area contributed by atoms with Crippen LogP contribution in [0.5, 0.6) is 0 Å². The fraction of sp³-hybridized carbons (Fsp3) is 0.0952. The van der Waals surface area contributed by atoms with Gasteiger partial charge >= 0.3 is 0 Å². The number of rotatable bonds is 6. The molecule has 0 unspecified atom stereocenters. The molecule has 0 spiro atoms. The zero-order valence-corrected chi connectivity index (χ0v) is 16.3. The third-order valence-corrected chi connectivity index (χ3v) is 6.13. The van der Waals surface area contributed by atoms with E-state index in [1.807, 2.05) is 0 Å². The van der Waals surface area contributed by atoms with Gasteiger partial charge in [0.1, 0.15) is 0 Å². The lowest BCUT2D eigenvalue weighted by molar-refractivity contribution is 0.102. The molecular weight excluding hydrogens is 398 g/mol. The number of halogens is 2. The molecule has 8 heteroatoms. The molecule has 29 heavy (non-hydrogen) atoms. The summed E-state index contributed by atoms with van der Waals surface area (Å²) in [7, 11) is -3.81. The highest BCUT2D eigenvalue weighted by Crippen LogP contribution is 2.23. The maximum atomic E-state index is 13.3. The number of amides is 1. The molecule has 3 rings (SSSR count). The second-order valence-electron chi connectivity index (χ2n) is 6.11. The van der Waals surface area contributed by atoms with Gasteiger partial charge in [0.2, 0.25) is 0 Å². The average molecular weight is 416 g/mol. The summed E-state index contributed by atoms with van der Waals surface area (Å²) in [5, 5.41) is 2.44. The van der Waals surface area contributed by atoms with Gasteiger partial charge in [-0.1, -0.05) is 18.2 Å². The molecule has 0 aliphatic carbocycles. The summed E-state index contributed by atoms with van der Waals surface area (Å²) in [5.41, 5.74) is 0.804. The van der Waals surface area contributed by atoms with Gasteiger partial charge in [-0.2, -0.15) is 0 Å². The number of benzene rings is 3. The number of sulfonamides is 1. The van der Waals surface area contributed by atoms with Gasteiger partial charge in [0, 0.05) is 23.9 Å². The first-order valence-electron chi connectivity index (χ1n) is 8.77. The normalized spacial score (nSPS) is 11.1. The second-order valence-corrected chi connectivity index (χ2v) is 7.98. The summed E-state index contributed by atoms with van der Waals surface area (Å²) < 4.78 is 53.4. The number of nitrogens with one attached hydrogen (secondary N) is 1. The molecule has 0 saturated carbocycles. The SMILES string of the molecule is CCN(c1ccccc1)S(=O)(=O)c1ccc(C(=O)Nc2ccc(F)c(F)c2)cc1. The van der Waals surface area contributed by atoms with Crippen molar-refractivity contribution in [2.24, 2.45) is 0 Å². The molecule has 0 radical (unpaired) electrons. The van der Waals surface area contributed by atoms with Crippen molar-refractivity contribution in [3.05, 3.63) is 90.0 Å². The van der Waals surface area contributed by atoms with E-state index in [-0.39, 0.29) is 22.7 Å². The number of hydrogen-bond donors (Lipinski definition) is 1. The molecular formula is C21H18F2N2O3S. The van der Waals surface area contributed by atoms with E-state index in [4.69, 9.17) is 0 Å². The van der Waals surface area contributed by atoms with Crippen molar-refractivity contribution in [3.63, 3.8) is 0 Å². The molecule has 0 atom stereocenters. The fourth-order valence-corrected chi connectivity index (χ4v) is 4.24. The van der Waals surface area contributed by atoms with Crippen molar-refractivity contribution in [2.75, 3.05) is 16.2 Å². The van der Waals surface area contributed by atoms with Crippen molar-refractivity contribution in [1.29, 1.82) is 0 Å². The molecule has 3 aromatic carbocycles.